The molecule has 2 heterocycles. The minimum Gasteiger partial charge on any atom is -0.321 e. The van der Waals surface area contributed by atoms with Crippen LogP contribution in [-0.2, 0) is 11.3 Å². The van der Waals surface area contributed by atoms with E-state index in [9.17, 15) is 4.79 Å². The van der Waals surface area contributed by atoms with Crippen LogP contribution in [0.15, 0.2) is 66.0 Å². The molecule has 0 radical (unpaired) electrons. The van der Waals surface area contributed by atoms with Crippen LogP contribution in [0.4, 0.5) is 0 Å². The second kappa shape index (κ2) is 7.48. The lowest BCUT2D eigenvalue weighted by atomic mass is 10.2. The van der Waals surface area contributed by atoms with Crippen LogP contribution < -0.4 is 5.43 Å². The van der Waals surface area contributed by atoms with E-state index in [0.29, 0.717) is 0 Å². The number of benzene rings is 2. The van der Waals surface area contributed by atoms with Crippen LogP contribution in [-0.4, -0.2) is 31.5 Å². The third-order valence-corrected chi connectivity index (χ3v) is 4.57. The molecule has 2 aromatic heterocycles. The zero-order valence-electron chi connectivity index (χ0n) is 15.7. The Hall–Kier alpha value is -3.74. The molecular weight excluding hydrogens is 352 g/mol. The molecule has 0 bridgehead atoms. The van der Waals surface area contributed by atoms with Crippen molar-refractivity contribution >= 4 is 23.2 Å². The summed E-state index contributed by atoms with van der Waals surface area (Å²) in [5, 5.41) is 8.69. The highest BCUT2D eigenvalue weighted by atomic mass is 16.2. The van der Waals surface area contributed by atoms with Crippen molar-refractivity contribution in [1.82, 2.24) is 24.8 Å². The van der Waals surface area contributed by atoms with Crippen LogP contribution in [0.3, 0.4) is 0 Å². The van der Waals surface area contributed by atoms with E-state index < -0.39 is 0 Å². The maximum Gasteiger partial charge on any atom is 0.260 e. The molecule has 28 heavy (non-hydrogen) atoms. The summed E-state index contributed by atoms with van der Waals surface area (Å²) in [7, 11) is 0. The normalized spacial score (nSPS) is 11.4. The van der Waals surface area contributed by atoms with Crippen LogP contribution in [0.5, 0.6) is 0 Å². The van der Waals surface area contributed by atoms with Gasteiger partial charge in [0.05, 0.1) is 40.7 Å². The molecule has 0 atom stereocenters. The molecule has 0 aliphatic carbocycles. The van der Waals surface area contributed by atoms with Gasteiger partial charge in [-0.3, -0.25) is 4.79 Å². The van der Waals surface area contributed by atoms with Crippen molar-refractivity contribution in [3.05, 3.63) is 77.9 Å². The predicted octanol–water partition coefficient (Wildman–Crippen LogP) is 2.99. The van der Waals surface area contributed by atoms with Gasteiger partial charge in [0.15, 0.2) is 0 Å². The number of aryl methyl sites for hydroxylation is 1. The fourth-order valence-electron chi connectivity index (χ4n) is 3.16. The third kappa shape index (κ3) is 3.42. The first-order chi connectivity index (χ1) is 13.6. The molecule has 1 N–H and O–H groups in total. The van der Waals surface area contributed by atoms with E-state index in [2.05, 4.69) is 20.6 Å². The molecule has 4 aromatic rings. The van der Waals surface area contributed by atoms with E-state index in [-0.39, 0.29) is 12.5 Å². The van der Waals surface area contributed by atoms with Crippen LogP contribution in [0.1, 0.15) is 17.0 Å². The summed E-state index contributed by atoms with van der Waals surface area (Å²) in [6, 6.07) is 17.6. The molecule has 0 aliphatic heterocycles. The van der Waals surface area contributed by atoms with Gasteiger partial charge in [0.1, 0.15) is 6.54 Å². The molecule has 0 aliphatic rings. The van der Waals surface area contributed by atoms with Crippen molar-refractivity contribution in [2.75, 3.05) is 0 Å². The Morgan fingerprint density at radius 2 is 1.86 bits per heavy atom. The number of hydrazone groups is 1. The summed E-state index contributed by atoms with van der Waals surface area (Å²) in [5.41, 5.74) is 8.04. The number of imidazole rings is 1. The van der Waals surface area contributed by atoms with E-state index in [0.717, 1.165) is 33.7 Å². The maximum atomic E-state index is 12.2. The van der Waals surface area contributed by atoms with Crippen molar-refractivity contribution in [3.63, 3.8) is 0 Å². The smallest absolute Gasteiger partial charge is 0.260 e. The lowest BCUT2D eigenvalue weighted by molar-refractivity contribution is -0.121. The zero-order chi connectivity index (χ0) is 19.5. The number of rotatable bonds is 5. The molecule has 7 nitrogen and oxygen atoms in total. The topological polar surface area (TPSA) is 77.1 Å². The molecule has 140 valence electrons. The maximum absolute atomic E-state index is 12.2. The second-order valence-electron chi connectivity index (χ2n) is 6.49. The monoisotopic (exact) mass is 372 g/mol. The highest BCUT2D eigenvalue weighted by Crippen LogP contribution is 2.16. The number of carbonyl (C=O) groups is 1. The molecule has 2 aromatic carbocycles. The Labute approximate surface area is 162 Å². The lowest BCUT2D eigenvalue weighted by Crippen LogP contribution is -2.22. The standard InChI is InChI=1S/C21H20N6O/c1-15-18(16(2)27(25-15)17-8-4-3-5-9-17)12-23-24-21(28)13-26-14-22-19-10-6-7-11-20(19)26/h3-12,14H,13H2,1-2H3,(H,24,28)/b23-12+. The lowest BCUT2D eigenvalue weighted by Gasteiger charge is -2.04. The molecule has 4 rings (SSSR count). The van der Waals surface area contributed by atoms with Gasteiger partial charge in [-0.15, -0.1) is 0 Å². The van der Waals surface area contributed by atoms with E-state index in [1.165, 1.54) is 0 Å². The fourth-order valence-corrected chi connectivity index (χ4v) is 3.16. The van der Waals surface area contributed by atoms with Gasteiger partial charge in [-0.25, -0.2) is 15.1 Å². The number of nitrogens with zero attached hydrogens (tertiary/aromatic N) is 5. The average molecular weight is 372 g/mol. The van der Waals surface area contributed by atoms with Gasteiger partial charge in [-0.2, -0.15) is 10.2 Å². The molecule has 0 unspecified atom stereocenters. The third-order valence-electron chi connectivity index (χ3n) is 4.57. The number of fused-ring (bicyclic) bond motifs is 1. The average Bonchev–Trinajstić information content (AvgIpc) is 3.24. The minimum atomic E-state index is -0.217. The van der Waals surface area contributed by atoms with Gasteiger partial charge < -0.3 is 4.57 Å². The summed E-state index contributed by atoms with van der Waals surface area (Å²) in [5.74, 6) is -0.217. The van der Waals surface area contributed by atoms with Crippen molar-refractivity contribution in [1.29, 1.82) is 0 Å². The largest absolute Gasteiger partial charge is 0.321 e. The van der Waals surface area contributed by atoms with Crippen LogP contribution in [0.25, 0.3) is 16.7 Å². The number of hydrogen-bond acceptors (Lipinski definition) is 4. The number of hydrogen-bond donors (Lipinski definition) is 1. The molecule has 0 saturated heterocycles. The predicted molar refractivity (Wildman–Crippen MR) is 109 cm³/mol. The highest BCUT2D eigenvalue weighted by Gasteiger charge is 2.11. The van der Waals surface area contributed by atoms with Gasteiger partial charge in [0.25, 0.3) is 5.91 Å². The summed E-state index contributed by atoms with van der Waals surface area (Å²) < 4.78 is 3.67. The second-order valence-corrected chi connectivity index (χ2v) is 6.49. The first-order valence-electron chi connectivity index (χ1n) is 8.97. The highest BCUT2D eigenvalue weighted by molar-refractivity contribution is 5.85. The summed E-state index contributed by atoms with van der Waals surface area (Å²) in [6.07, 6.45) is 3.30. The molecule has 7 heteroatoms. The van der Waals surface area contributed by atoms with Gasteiger partial charge in [-0.1, -0.05) is 30.3 Å². The van der Waals surface area contributed by atoms with E-state index >= 15 is 0 Å². The first kappa shape index (κ1) is 17.7. The van der Waals surface area contributed by atoms with E-state index in [1.807, 2.05) is 73.1 Å². The number of nitrogens with one attached hydrogen (secondary N) is 1. The van der Waals surface area contributed by atoms with Crippen molar-refractivity contribution in [3.8, 4) is 5.69 Å². The Balaban J connectivity index is 1.46. The first-order valence-corrected chi connectivity index (χ1v) is 8.97. The van der Waals surface area contributed by atoms with Crippen LogP contribution >= 0.6 is 0 Å². The molecule has 0 fully saturated rings. The van der Waals surface area contributed by atoms with Gasteiger partial charge >= 0.3 is 0 Å². The Morgan fingerprint density at radius 1 is 1.11 bits per heavy atom. The van der Waals surface area contributed by atoms with Crippen LogP contribution in [0, 0.1) is 13.8 Å². The van der Waals surface area contributed by atoms with Crippen molar-refractivity contribution in [2.45, 2.75) is 20.4 Å². The summed E-state index contributed by atoms with van der Waals surface area (Å²) >= 11 is 0. The molecule has 0 spiro atoms. The Morgan fingerprint density at radius 3 is 2.68 bits per heavy atom. The zero-order valence-corrected chi connectivity index (χ0v) is 15.7. The summed E-state index contributed by atoms with van der Waals surface area (Å²) in [6.45, 7) is 4.06. The molecule has 0 saturated carbocycles. The number of aromatic nitrogens is 4. The number of amides is 1. The SMILES string of the molecule is Cc1nn(-c2ccccc2)c(C)c1/C=N/NC(=O)Cn1cnc2ccccc21. The van der Waals surface area contributed by atoms with Gasteiger partial charge in [0.2, 0.25) is 0 Å². The Bertz CT molecular complexity index is 1160. The number of para-hydroxylation sites is 3. The number of carbonyl (C=O) groups excluding carboxylic acids is 1. The summed E-state index contributed by atoms with van der Waals surface area (Å²) in [4.78, 5) is 16.5. The van der Waals surface area contributed by atoms with Crippen molar-refractivity contribution in [2.24, 2.45) is 5.10 Å². The van der Waals surface area contributed by atoms with E-state index in [4.69, 9.17) is 0 Å². The molecule has 1 amide bonds. The minimum absolute atomic E-state index is 0.152. The van der Waals surface area contributed by atoms with E-state index in [1.54, 1.807) is 17.1 Å². The molecular formula is C21H20N6O. The van der Waals surface area contributed by atoms with Crippen molar-refractivity contribution < 1.29 is 4.79 Å². The van der Waals surface area contributed by atoms with Gasteiger partial charge in [-0.05, 0) is 38.1 Å². The fraction of sp³-hybridized carbons (Fsp3) is 0.143. The quantitative estimate of drug-likeness (QED) is 0.432. The Kier molecular flexibility index (Phi) is 4.72. The van der Waals surface area contributed by atoms with Gasteiger partial charge in [0, 0.05) is 5.56 Å². The van der Waals surface area contributed by atoms with Crippen LogP contribution in [0.2, 0.25) is 0 Å².